The molecule has 0 atom stereocenters. The molecule has 3 aromatic rings. The molecule has 0 aliphatic carbocycles. The number of halogens is 1. The van der Waals surface area contributed by atoms with E-state index in [1.165, 1.54) is 6.21 Å². The first-order valence-corrected chi connectivity index (χ1v) is 10.6. The summed E-state index contributed by atoms with van der Waals surface area (Å²) in [4.78, 5) is 25.1. The average Bonchev–Trinajstić information content (AvgIpc) is 2.84. The van der Waals surface area contributed by atoms with Crippen LogP contribution in [0.15, 0.2) is 89.0 Å². The second kappa shape index (κ2) is 11.6. The zero-order valence-electron chi connectivity index (χ0n) is 17.8. The molecule has 0 bridgehead atoms. The van der Waals surface area contributed by atoms with Crippen molar-refractivity contribution in [3.8, 4) is 17.2 Å². The maximum Gasteiger partial charge on any atom is 0.343 e. The van der Waals surface area contributed by atoms with E-state index in [1.54, 1.807) is 79.9 Å². The number of rotatable bonds is 9. The Kier molecular flexibility index (Phi) is 8.37. The lowest BCUT2D eigenvalue weighted by molar-refractivity contribution is 0.0734. The molecule has 0 saturated heterocycles. The second-order valence-corrected chi connectivity index (χ2v) is 7.51. The van der Waals surface area contributed by atoms with Gasteiger partial charge in [-0.15, -0.1) is 0 Å². The Hall–Kier alpha value is -3.91. The molecule has 0 radical (unpaired) electrons. The van der Waals surface area contributed by atoms with Crippen LogP contribution in [0.4, 0.5) is 0 Å². The Morgan fingerprint density at radius 3 is 2.55 bits per heavy atom. The van der Waals surface area contributed by atoms with Gasteiger partial charge in [0.05, 0.1) is 24.5 Å². The minimum atomic E-state index is -0.527. The largest absolute Gasteiger partial charge is 0.497 e. The third-order valence-electron chi connectivity index (χ3n) is 4.36. The monoisotopic (exact) mass is 508 g/mol. The zero-order valence-corrected chi connectivity index (χ0v) is 19.4. The molecule has 0 heterocycles. The summed E-state index contributed by atoms with van der Waals surface area (Å²) < 4.78 is 16.9. The highest BCUT2D eigenvalue weighted by atomic mass is 79.9. The van der Waals surface area contributed by atoms with Crippen LogP contribution in [0.25, 0.3) is 0 Å². The van der Waals surface area contributed by atoms with Gasteiger partial charge in [-0.1, -0.05) is 40.7 Å². The highest BCUT2D eigenvalue weighted by Crippen LogP contribution is 2.23. The van der Waals surface area contributed by atoms with Crippen LogP contribution in [0, 0.1) is 0 Å². The number of carbonyl (C=O) groups excluding carboxylic acids is 2. The van der Waals surface area contributed by atoms with Crippen molar-refractivity contribution in [1.82, 2.24) is 5.43 Å². The van der Waals surface area contributed by atoms with Crippen molar-refractivity contribution < 1.29 is 23.8 Å². The van der Waals surface area contributed by atoms with Crippen molar-refractivity contribution >= 4 is 34.0 Å². The van der Waals surface area contributed by atoms with E-state index in [0.717, 1.165) is 4.47 Å². The quantitative estimate of drug-likeness (QED) is 0.144. The molecular weight excluding hydrogens is 488 g/mol. The number of para-hydroxylation sites is 1. The molecule has 33 heavy (non-hydrogen) atoms. The van der Waals surface area contributed by atoms with E-state index in [2.05, 4.69) is 33.0 Å². The standard InChI is InChI=1S/C25H21BrN2O5/c1-3-14-32-23-13-10-19(26)15-21(23)24(29)28-27-16-18-6-4-5-7-22(18)33-25(30)17-8-11-20(31-2)12-9-17/h3-13,15-16H,1,14H2,2H3,(H,28,29)/b27-16-. The number of methoxy groups -OCH3 is 1. The molecule has 7 nitrogen and oxygen atoms in total. The molecular formula is C25H21BrN2O5. The van der Waals surface area contributed by atoms with Crippen molar-refractivity contribution in [2.24, 2.45) is 5.10 Å². The molecule has 168 valence electrons. The van der Waals surface area contributed by atoms with Crippen molar-refractivity contribution in [2.45, 2.75) is 0 Å². The fourth-order valence-electron chi connectivity index (χ4n) is 2.74. The summed E-state index contributed by atoms with van der Waals surface area (Å²) in [5.74, 6) is 0.353. The first-order valence-electron chi connectivity index (χ1n) is 9.83. The third-order valence-corrected chi connectivity index (χ3v) is 4.85. The fraction of sp³-hybridized carbons (Fsp3) is 0.0800. The van der Waals surface area contributed by atoms with Crippen LogP contribution in [0.5, 0.6) is 17.2 Å². The number of nitrogens with one attached hydrogen (secondary N) is 1. The van der Waals surface area contributed by atoms with Crippen LogP contribution in [-0.4, -0.2) is 31.8 Å². The SMILES string of the molecule is C=CCOc1ccc(Br)cc1C(=O)N/N=C\c1ccccc1OC(=O)c1ccc(OC)cc1. The Morgan fingerprint density at radius 2 is 1.82 bits per heavy atom. The smallest absolute Gasteiger partial charge is 0.343 e. The van der Waals surface area contributed by atoms with Crippen LogP contribution in [0.2, 0.25) is 0 Å². The molecule has 0 saturated carbocycles. The topological polar surface area (TPSA) is 86.2 Å². The number of nitrogens with zero attached hydrogens (tertiary/aromatic N) is 1. The van der Waals surface area contributed by atoms with Crippen molar-refractivity contribution in [3.05, 3.63) is 101 Å². The number of esters is 1. The Morgan fingerprint density at radius 1 is 1.06 bits per heavy atom. The maximum atomic E-state index is 12.6. The molecule has 1 amide bonds. The van der Waals surface area contributed by atoms with Gasteiger partial charge in [0, 0.05) is 10.0 Å². The van der Waals surface area contributed by atoms with Crippen LogP contribution in [0.1, 0.15) is 26.3 Å². The van der Waals surface area contributed by atoms with Crippen LogP contribution < -0.4 is 19.6 Å². The molecule has 3 rings (SSSR count). The summed E-state index contributed by atoms with van der Waals surface area (Å²) in [6, 6.07) is 18.5. The normalized spacial score (nSPS) is 10.5. The van der Waals surface area contributed by atoms with Gasteiger partial charge in [0.1, 0.15) is 23.9 Å². The van der Waals surface area contributed by atoms with Crippen molar-refractivity contribution in [2.75, 3.05) is 13.7 Å². The first kappa shape index (κ1) is 23.7. The van der Waals surface area contributed by atoms with Crippen LogP contribution >= 0.6 is 15.9 Å². The van der Waals surface area contributed by atoms with E-state index in [0.29, 0.717) is 33.9 Å². The predicted octanol–water partition coefficient (Wildman–Crippen LogP) is 5.01. The van der Waals surface area contributed by atoms with Gasteiger partial charge in [0.25, 0.3) is 5.91 Å². The Labute approximate surface area is 199 Å². The number of benzene rings is 3. The van der Waals surface area contributed by atoms with Crippen molar-refractivity contribution in [3.63, 3.8) is 0 Å². The van der Waals surface area contributed by atoms with Gasteiger partial charge < -0.3 is 14.2 Å². The van der Waals surface area contributed by atoms with Gasteiger partial charge >= 0.3 is 5.97 Å². The van der Waals surface area contributed by atoms with Gasteiger partial charge in [0.2, 0.25) is 0 Å². The lowest BCUT2D eigenvalue weighted by Crippen LogP contribution is -2.19. The summed E-state index contributed by atoms with van der Waals surface area (Å²) in [5, 5.41) is 4.01. The highest BCUT2D eigenvalue weighted by Gasteiger charge is 2.14. The lowest BCUT2D eigenvalue weighted by atomic mass is 10.2. The summed E-state index contributed by atoms with van der Waals surface area (Å²) in [5.41, 5.74) is 3.66. The number of hydrogen-bond donors (Lipinski definition) is 1. The molecule has 8 heteroatoms. The fourth-order valence-corrected chi connectivity index (χ4v) is 3.10. The second-order valence-electron chi connectivity index (χ2n) is 6.60. The molecule has 0 aliphatic rings. The molecule has 3 aromatic carbocycles. The molecule has 0 aromatic heterocycles. The van der Waals surface area contributed by atoms with Crippen molar-refractivity contribution in [1.29, 1.82) is 0 Å². The molecule has 0 aliphatic heterocycles. The Balaban J connectivity index is 1.71. The number of hydrogen-bond acceptors (Lipinski definition) is 6. The first-order chi connectivity index (χ1) is 16.0. The summed E-state index contributed by atoms with van der Waals surface area (Å²) in [6.45, 7) is 3.87. The number of hydrazone groups is 1. The summed E-state index contributed by atoms with van der Waals surface area (Å²) in [6.07, 6.45) is 2.99. The maximum absolute atomic E-state index is 12.6. The van der Waals surface area contributed by atoms with E-state index < -0.39 is 11.9 Å². The number of ether oxygens (including phenoxy) is 3. The van der Waals surface area contributed by atoms with Gasteiger partial charge in [-0.2, -0.15) is 5.10 Å². The van der Waals surface area contributed by atoms with E-state index >= 15 is 0 Å². The summed E-state index contributed by atoms with van der Waals surface area (Å²) in [7, 11) is 1.55. The average molecular weight is 509 g/mol. The predicted molar refractivity (Wildman–Crippen MR) is 129 cm³/mol. The van der Waals surface area contributed by atoms with Crippen LogP contribution in [-0.2, 0) is 0 Å². The third kappa shape index (κ3) is 6.54. The van der Waals surface area contributed by atoms with Gasteiger partial charge in [-0.05, 0) is 54.6 Å². The molecule has 0 spiro atoms. The van der Waals surface area contributed by atoms with E-state index in [9.17, 15) is 9.59 Å². The zero-order chi connectivity index (χ0) is 23.6. The van der Waals surface area contributed by atoms with Gasteiger partial charge in [-0.3, -0.25) is 4.79 Å². The lowest BCUT2D eigenvalue weighted by Gasteiger charge is -2.10. The summed E-state index contributed by atoms with van der Waals surface area (Å²) >= 11 is 3.35. The highest BCUT2D eigenvalue weighted by molar-refractivity contribution is 9.10. The van der Waals surface area contributed by atoms with Gasteiger partial charge in [-0.25, -0.2) is 10.2 Å². The molecule has 1 N–H and O–H groups in total. The van der Waals surface area contributed by atoms with E-state index in [4.69, 9.17) is 14.2 Å². The molecule has 0 unspecified atom stereocenters. The number of carbonyl (C=O) groups is 2. The molecule has 0 fully saturated rings. The van der Waals surface area contributed by atoms with Gasteiger partial charge in [0.15, 0.2) is 0 Å². The van der Waals surface area contributed by atoms with Crippen LogP contribution in [0.3, 0.4) is 0 Å². The Bertz CT molecular complexity index is 1180. The minimum Gasteiger partial charge on any atom is -0.497 e. The minimum absolute atomic E-state index is 0.262. The van der Waals surface area contributed by atoms with E-state index in [1.807, 2.05) is 0 Å². The number of amides is 1. The van der Waals surface area contributed by atoms with E-state index in [-0.39, 0.29) is 6.61 Å².